The molecule has 1 aliphatic rings. The van der Waals surface area contributed by atoms with Gasteiger partial charge in [0.1, 0.15) is 24.3 Å². The molecule has 3 aromatic carbocycles. The number of carbonyl (C=O) groups is 1. The number of benzene rings is 3. The predicted octanol–water partition coefficient (Wildman–Crippen LogP) is 4.87. The van der Waals surface area contributed by atoms with Crippen LogP contribution >= 0.6 is 0 Å². The van der Waals surface area contributed by atoms with E-state index in [2.05, 4.69) is 11.5 Å². The number of fused-ring (bicyclic) bond motifs is 1. The van der Waals surface area contributed by atoms with Gasteiger partial charge in [0.2, 0.25) is 5.91 Å². The highest BCUT2D eigenvalue weighted by Gasteiger charge is 2.35. The van der Waals surface area contributed by atoms with Crippen LogP contribution in [0.5, 0.6) is 5.75 Å². The molecule has 1 saturated heterocycles. The average molecular weight is 470 g/mol. The van der Waals surface area contributed by atoms with Crippen LogP contribution in [0, 0.1) is 6.92 Å². The van der Waals surface area contributed by atoms with Crippen LogP contribution in [0.2, 0.25) is 0 Å². The zero-order valence-electron chi connectivity index (χ0n) is 20.2. The van der Waals surface area contributed by atoms with Crippen molar-refractivity contribution in [3.05, 3.63) is 89.7 Å². The number of aromatic nitrogens is 2. The third-order valence-electron chi connectivity index (χ3n) is 6.65. The molecule has 0 aliphatic carbocycles. The van der Waals surface area contributed by atoms with Gasteiger partial charge in [-0.2, -0.15) is 0 Å². The second kappa shape index (κ2) is 9.92. The van der Waals surface area contributed by atoms with Crippen LogP contribution in [-0.4, -0.2) is 39.8 Å². The van der Waals surface area contributed by atoms with E-state index in [1.54, 1.807) is 0 Å². The van der Waals surface area contributed by atoms with Gasteiger partial charge in [-0.3, -0.25) is 4.79 Å². The first kappa shape index (κ1) is 23.1. The zero-order chi connectivity index (χ0) is 24.4. The molecule has 1 N–H and O–H groups in total. The number of para-hydroxylation sites is 2. The summed E-state index contributed by atoms with van der Waals surface area (Å²) in [6.07, 6.45) is 0.653. The first-order chi connectivity index (χ1) is 17.0. The molecule has 1 fully saturated rings. The van der Waals surface area contributed by atoms with Crippen molar-refractivity contribution in [2.45, 2.75) is 45.3 Å². The smallest absolute Gasteiger partial charge is 0.227 e. The number of rotatable bonds is 8. The lowest BCUT2D eigenvalue weighted by Crippen LogP contribution is -2.26. The molecule has 0 radical (unpaired) electrons. The Bertz CT molecular complexity index is 1330. The van der Waals surface area contributed by atoms with E-state index in [1.165, 1.54) is 5.56 Å². The summed E-state index contributed by atoms with van der Waals surface area (Å²) < 4.78 is 7.91. The van der Waals surface area contributed by atoms with Crippen LogP contribution in [-0.2, 0) is 17.8 Å². The summed E-state index contributed by atoms with van der Waals surface area (Å²) in [4.78, 5) is 19.7. The molecule has 1 aliphatic heterocycles. The van der Waals surface area contributed by atoms with Crippen molar-refractivity contribution >= 4 is 22.6 Å². The molecule has 2 heterocycles. The summed E-state index contributed by atoms with van der Waals surface area (Å²) in [5.41, 5.74) is 5.11. The standard InChI is InChI=1S/C29H31N3O3/c1-3-21-11-13-25(14-12-21)35-19-24(33)18-32-27-10-5-4-9-26(27)30-29(32)22-16-28(34)31(17-22)23-8-6-7-20(2)15-23/h4-15,22,24,33H,3,16-19H2,1-2H3/t22-,24-/m0/s1. The number of aliphatic hydroxyl groups excluding tert-OH is 1. The van der Waals surface area contributed by atoms with Gasteiger partial charge in [-0.25, -0.2) is 4.98 Å². The summed E-state index contributed by atoms with van der Waals surface area (Å²) >= 11 is 0. The highest BCUT2D eigenvalue weighted by molar-refractivity contribution is 5.96. The van der Waals surface area contributed by atoms with Crippen molar-refractivity contribution in [1.82, 2.24) is 9.55 Å². The number of ether oxygens (including phenoxy) is 1. The molecule has 6 nitrogen and oxygen atoms in total. The maximum absolute atomic E-state index is 12.9. The quantitative estimate of drug-likeness (QED) is 0.400. The highest BCUT2D eigenvalue weighted by Crippen LogP contribution is 2.33. The number of carbonyl (C=O) groups excluding carboxylic acids is 1. The van der Waals surface area contributed by atoms with Crippen LogP contribution in [0.1, 0.15) is 36.2 Å². The van der Waals surface area contributed by atoms with Crippen molar-refractivity contribution in [2.24, 2.45) is 0 Å². The van der Waals surface area contributed by atoms with E-state index < -0.39 is 6.10 Å². The maximum Gasteiger partial charge on any atom is 0.227 e. The second-order valence-electron chi connectivity index (χ2n) is 9.28. The Hall–Kier alpha value is -3.64. The summed E-state index contributed by atoms with van der Waals surface area (Å²) in [5.74, 6) is 1.62. The van der Waals surface area contributed by atoms with Crippen molar-refractivity contribution in [1.29, 1.82) is 0 Å². The second-order valence-corrected chi connectivity index (χ2v) is 9.28. The Balaban J connectivity index is 1.36. The van der Waals surface area contributed by atoms with Crippen LogP contribution < -0.4 is 9.64 Å². The Morgan fingerprint density at radius 2 is 1.89 bits per heavy atom. The molecular weight excluding hydrogens is 438 g/mol. The molecule has 5 rings (SSSR count). The normalized spacial score (nSPS) is 16.7. The molecule has 1 amide bonds. The van der Waals surface area contributed by atoms with Gasteiger partial charge in [-0.15, -0.1) is 0 Å². The van der Waals surface area contributed by atoms with E-state index >= 15 is 0 Å². The lowest BCUT2D eigenvalue weighted by molar-refractivity contribution is -0.117. The molecule has 35 heavy (non-hydrogen) atoms. The Labute approximate surface area is 205 Å². The SMILES string of the molecule is CCc1ccc(OC[C@@H](O)Cn2c([C@H]3CC(=O)N(c4cccc(C)c4)C3)nc3ccccc32)cc1. The highest BCUT2D eigenvalue weighted by atomic mass is 16.5. The molecule has 180 valence electrons. The summed E-state index contributed by atoms with van der Waals surface area (Å²) in [6, 6.07) is 23.9. The average Bonchev–Trinajstić information content (AvgIpc) is 3.43. The summed E-state index contributed by atoms with van der Waals surface area (Å²) in [5, 5.41) is 10.9. The number of amides is 1. The molecule has 0 saturated carbocycles. The Morgan fingerprint density at radius 3 is 2.66 bits per heavy atom. The number of hydrogen-bond acceptors (Lipinski definition) is 4. The lowest BCUT2D eigenvalue weighted by Gasteiger charge is -2.19. The van der Waals surface area contributed by atoms with Gasteiger partial charge < -0.3 is 19.3 Å². The fourth-order valence-corrected chi connectivity index (χ4v) is 4.80. The minimum atomic E-state index is -0.720. The molecule has 4 aromatic rings. The predicted molar refractivity (Wildman–Crippen MR) is 138 cm³/mol. The van der Waals surface area contributed by atoms with Crippen LogP contribution in [0.4, 0.5) is 5.69 Å². The number of imidazole rings is 1. The topological polar surface area (TPSA) is 67.6 Å². The van der Waals surface area contributed by atoms with E-state index in [4.69, 9.17) is 9.72 Å². The van der Waals surface area contributed by atoms with Gasteiger partial charge >= 0.3 is 0 Å². The van der Waals surface area contributed by atoms with Crippen molar-refractivity contribution in [3.63, 3.8) is 0 Å². The van der Waals surface area contributed by atoms with E-state index in [1.807, 2.05) is 84.6 Å². The monoisotopic (exact) mass is 469 g/mol. The van der Waals surface area contributed by atoms with Gasteiger partial charge in [0.05, 0.1) is 17.6 Å². The van der Waals surface area contributed by atoms with Crippen LogP contribution in [0.15, 0.2) is 72.8 Å². The largest absolute Gasteiger partial charge is 0.491 e. The number of aryl methyl sites for hydroxylation is 2. The van der Waals surface area contributed by atoms with E-state index in [9.17, 15) is 9.90 Å². The number of hydrogen-bond donors (Lipinski definition) is 1. The summed E-state index contributed by atoms with van der Waals surface area (Å²) in [6.45, 7) is 5.24. The van der Waals surface area contributed by atoms with Crippen molar-refractivity contribution in [3.8, 4) is 5.75 Å². The van der Waals surface area contributed by atoms with Crippen molar-refractivity contribution in [2.75, 3.05) is 18.1 Å². The Kier molecular flexibility index (Phi) is 6.55. The van der Waals surface area contributed by atoms with E-state index in [0.717, 1.165) is 40.3 Å². The first-order valence-corrected chi connectivity index (χ1v) is 12.2. The van der Waals surface area contributed by atoms with Gasteiger partial charge in [0.15, 0.2) is 0 Å². The van der Waals surface area contributed by atoms with Crippen molar-refractivity contribution < 1.29 is 14.6 Å². The summed E-state index contributed by atoms with van der Waals surface area (Å²) in [7, 11) is 0. The molecule has 0 spiro atoms. The first-order valence-electron chi connectivity index (χ1n) is 12.2. The van der Waals surface area contributed by atoms with Gasteiger partial charge in [0.25, 0.3) is 0 Å². The van der Waals surface area contributed by atoms with E-state index in [0.29, 0.717) is 19.5 Å². The fraction of sp³-hybridized carbons (Fsp3) is 0.310. The van der Waals surface area contributed by atoms with Crippen LogP contribution in [0.25, 0.3) is 11.0 Å². The third kappa shape index (κ3) is 4.93. The Morgan fingerprint density at radius 1 is 1.09 bits per heavy atom. The minimum absolute atomic E-state index is 0.0508. The molecule has 0 unspecified atom stereocenters. The fourth-order valence-electron chi connectivity index (χ4n) is 4.80. The molecule has 0 bridgehead atoms. The minimum Gasteiger partial charge on any atom is -0.491 e. The van der Waals surface area contributed by atoms with Crippen LogP contribution in [0.3, 0.4) is 0 Å². The molecule has 6 heteroatoms. The maximum atomic E-state index is 12.9. The van der Waals surface area contributed by atoms with E-state index in [-0.39, 0.29) is 18.4 Å². The number of aliphatic hydroxyl groups is 1. The lowest BCUT2D eigenvalue weighted by atomic mass is 10.1. The molecular formula is C29H31N3O3. The number of nitrogens with zero attached hydrogens (tertiary/aromatic N) is 3. The molecule has 1 aromatic heterocycles. The third-order valence-corrected chi connectivity index (χ3v) is 6.65. The van der Waals surface area contributed by atoms with Gasteiger partial charge in [-0.05, 0) is 60.9 Å². The number of anilines is 1. The zero-order valence-corrected chi connectivity index (χ0v) is 20.2. The molecule has 2 atom stereocenters. The van der Waals surface area contributed by atoms with Gasteiger partial charge in [0, 0.05) is 24.6 Å². The van der Waals surface area contributed by atoms with Gasteiger partial charge in [-0.1, -0.05) is 43.3 Å².